The van der Waals surface area contributed by atoms with Gasteiger partial charge < -0.3 is 20.9 Å². The highest BCUT2D eigenvalue weighted by Gasteiger charge is 2.11. The van der Waals surface area contributed by atoms with Gasteiger partial charge in [0.1, 0.15) is 11.9 Å². The molecular weight excluding hydrogens is 272 g/mol. The van der Waals surface area contributed by atoms with E-state index in [4.69, 9.17) is 27.2 Å². The molecule has 2 amide bonds. The lowest BCUT2D eigenvalue weighted by atomic mass is 10.3. The number of amides is 2. The van der Waals surface area contributed by atoms with Crippen LogP contribution in [0.1, 0.15) is 6.42 Å². The van der Waals surface area contributed by atoms with E-state index in [2.05, 4.69) is 5.32 Å². The summed E-state index contributed by atoms with van der Waals surface area (Å²) < 4.78 is 5.31. The highest BCUT2D eigenvalue weighted by Crippen LogP contribution is 2.16. The Morgan fingerprint density at radius 1 is 1.47 bits per heavy atom. The van der Waals surface area contributed by atoms with E-state index in [1.807, 2.05) is 0 Å². The Morgan fingerprint density at radius 3 is 2.84 bits per heavy atom. The molecule has 1 aromatic rings. The third-order valence-electron chi connectivity index (χ3n) is 2.21. The van der Waals surface area contributed by atoms with Gasteiger partial charge in [0.15, 0.2) is 0 Å². The number of nitrogens with one attached hydrogen (secondary N) is 1. The molecule has 1 rings (SSSR count). The Morgan fingerprint density at radius 2 is 2.21 bits per heavy atom. The largest absolute Gasteiger partial charge is 0.493 e. The number of carbonyl (C=O) groups is 2. The minimum Gasteiger partial charge on any atom is -0.493 e. The van der Waals surface area contributed by atoms with Crippen molar-refractivity contribution in [1.29, 1.82) is 0 Å². The minimum absolute atomic E-state index is 0.0952. The first-order valence-electron chi connectivity index (χ1n) is 5.61. The molecule has 104 valence electrons. The highest BCUT2D eigenvalue weighted by molar-refractivity contribution is 6.30. The van der Waals surface area contributed by atoms with E-state index < -0.39 is 12.0 Å². The summed E-state index contributed by atoms with van der Waals surface area (Å²) >= 11 is 5.77. The average molecular weight is 287 g/mol. The lowest BCUT2D eigenvalue weighted by Crippen LogP contribution is -2.40. The number of primary amides is 1. The Hall–Kier alpha value is -1.79. The fourth-order valence-electron chi connectivity index (χ4n) is 1.22. The van der Waals surface area contributed by atoms with Crippen molar-refractivity contribution in [2.45, 2.75) is 12.5 Å². The molecule has 0 saturated carbocycles. The second-order valence-corrected chi connectivity index (χ2v) is 4.21. The summed E-state index contributed by atoms with van der Waals surface area (Å²) in [5.41, 5.74) is 4.84. The van der Waals surface area contributed by atoms with Crippen molar-refractivity contribution in [3.05, 3.63) is 29.3 Å². The van der Waals surface area contributed by atoms with E-state index >= 15 is 0 Å². The van der Waals surface area contributed by atoms with Gasteiger partial charge >= 0.3 is 0 Å². The first kappa shape index (κ1) is 15.3. The molecule has 4 N–H and O–H groups in total. The number of hydrogen-bond acceptors (Lipinski definition) is 4. The molecule has 19 heavy (non-hydrogen) atoms. The number of benzene rings is 1. The van der Waals surface area contributed by atoms with Gasteiger partial charge in [-0.25, -0.2) is 0 Å². The normalized spacial score (nSPS) is 11.7. The molecule has 0 bridgehead atoms. The fraction of sp³-hybridized carbons (Fsp3) is 0.333. The van der Waals surface area contributed by atoms with Crippen molar-refractivity contribution < 1.29 is 19.4 Å². The second kappa shape index (κ2) is 7.60. The lowest BCUT2D eigenvalue weighted by molar-refractivity contribution is -0.127. The van der Waals surface area contributed by atoms with Crippen molar-refractivity contribution in [3.63, 3.8) is 0 Å². The zero-order valence-electron chi connectivity index (χ0n) is 10.1. The zero-order valence-corrected chi connectivity index (χ0v) is 10.9. The molecule has 1 unspecified atom stereocenters. The second-order valence-electron chi connectivity index (χ2n) is 3.78. The smallest absolute Gasteiger partial charge is 0.248 e. The van der Waals surface area contributed by atoms with Gasteiger partial charge in [0.2, 0.25) is 11.8 Å². The predicted molar refractivity (Wildman–Crippen MR) is 69.8 cm³/mol. The Balaban J connectivity index is 2.22. The lowest BCUT2D eigenvalue weighted by Gasteiger charge is -2.09. The first-order chi connectivity index (χ1) is 8.99. The van der Waals surface area contributed by atoms with Crippen molar-refractivity contribution in [2.75, 3.05) is 13.2 Å². The van der Waals surface area contributed by atoms with Crippen LogP contribution in [0.3, 0.4) is 0 Å². The van der Waals surface area contributed by atoms with Crippen LogP contribution in [-0.2, 0) is 9.59 Å². The van der Waals surface area contributed by atoms with Gasteiger partial charge in [0.05, 0.1) is 19.6 Å². The summed E-state index contributed by atoms with van der Waals surface area (Å²) in [5, 5.41) is 12.0. The molecule has 6 nitrogen and oxygen atoms in total. The van der Waals surface area contributed by atoms with Crippen LogP contribution in [0.5, 0.6) is 5.75 Å². The number of aliphatic hydroxyl groups excluding tert-OH is 1. The van der Waals surface area contributed by atoms with E-state index in [-0.39, 0.29) is 25.5 Å². The van der Waals surface area contributed by atoms with Gasteiger partial charge in [-0.05, 0) is 18.2 Å². The van der Waals surface area contributed by atoms with Gasteiger partial charge in [-0.3, -0.25) is 9.59 Å². The van der Waals surface area contributed by atoms with Crippen LogP contribution in [0.2, 0.25) is 5.02 Å². The average Bonchev–Trinajstić information content (AvgIpc) is 2.36. The summed E-state index contributed by atoms with van der Waals surface area (Å²) in [4.78, 5) is 21.9. The summed E-state index contributed by atoms with van der Waals surface area (Å²) in [6, 6.07) is 6.81. The summed E-state index contributed by atoms with van der Waals surface area (Å²) in [6.07, 6.45) is -1.28. The van der Waals surface area contributed by atoms with Crippen LogP contribution in [0.25, 0.3) is 0 Å². The SMILES string of the molecule is NC(=O)C(O)CNC(=O)CCOc1cccc(Cl)c1. The molecule has 0 aromatic heterocycles. The van der Waals surface area contributed by atoms with Crippen LogP contribution >= 0.6 is 11.6 Å². The Bertz CT molecular complexity index is 453. The molecule has 0 aliphatic carbocycles. The maximum atomic E-state index is 11.3. The number of hydrogen-bond donors (Lipinski definition) is 3. The number of halogens is 1. The number of aliphatic hydroxyl groups is 1. The van der Waals surface area contributed by atoms with E-state index in [1.54, 1.807) is 24.3 Å². The third kappa shape index (κ3) is 6.08. The van der Waals surface area contributed by atoms with Gasteiger partial charge in [-0.2, -0.15) is 0 Å². The molecule has 0 heterocycles. The van der Waals surface area contributed by atoms with E-state index in [0.29, 0.717) is 10.8 Å². The highest BCUT2D eigenvalue weighted by atomic mass is 35.5. The number of ether oxygens (including phenoxy) is 1. The van der Waals surface area contributed by atoms with Gasteiger partial charge in [0.25, 0.3) is 0 Å². The van der Waals surface area contributed by atoms with E-state index in [0.717, 1.165) is 0 Å². The zero-order chi connectivity index (χ0) is 14.3. The fourth-order valence-corrected chi connectivity index (χ4v) is 1.40. The maximum Gasteiger partial charge on any atom is 0.248 e. The number of rotatable bonds is 7. The predicted octanol–water partition coefficient (Wildman–Crippen LogP) is 0.0713. The molecule has 0 fully saturated rings. The Labute approximate surface area is 115 Å². The van der Waals surface area contributed by atoms with Crippen molar-refractivity contribution >= 4 is 23.4 Å². The number of carbonyl (C=O) groups excluding carboxylic acids is 2. The number of nitrogens with two attached hydrogens (primary N) is 1. The molecule has 1 aromatic carbocycles. The molecule has 0 radical (unpaired) electrons. The summed E-state index contributed by atoms with van der Waals surface area (Å²) in [6.45, 7) is -0.0375. The molecular formula is C12H15ClN2O4. The molecule has 0 aliphatic heterocycles. The van der Waals surface area contributed by atoms with E-state index in [9.17, 15) is 9.59 Å². The van der Waals surface area contributed by atoms with Crippen LogP contribution in [-0.4, -0.2) is 36.2 Å². The first-order valence-corrected chi connectivity index (χ1v) is 5.99. The molecule has 7 heteroatoms. The molecule has 0 spiro atoms. The van der Waals surface area contributed by atoms with Crippen LogP contribution in [0.15, 0.2) is 24.3 Å². The van der Waals surface area contributed by atoms with E-state index in [1.165, 1.54) is 0 Å². The monoisotopic (exact) mass is 286 g/mol. The summed E-state index contributed by atoms with van der Waals surface area (Å²) in [7, 11) is 0. The molecule has 0 saturated heterocycles. The van der Waals surface area contributed by atoms with Crippen LogP contribution < -0.4 is 15.8 Å². The standard InChI is InChI=1S/C12H15ClN2O4/c13-8-2-1-3-9(6-8)19-5-4-11(17)15-7-10(16)12(14)18/h1-3,6,10,16H,4-5,7H2,(H2,14,18)(H,15,17). The Kier molecular flexibility index (Phi) is 6.11. The van der Waals surface area contributed by atoms with Crippen molar-refractivity contribution in [1.82, 2.24) is 5.32 Å². The van der Waals surface area contributed by atoms with Gasteiger partial charge in [-0.1, -0.05) is 17.7 Å². The quantitative estimate of drug-likeness (QED) is 0.660. The maximum absolute atomic E-state index is 11.3. The minimum atomic E-state index is -1.38. The van der Waals surface area contributed by atoms with Gasteiger partial charge in [-0.15, -0.1) is 0 Å². The van der Waals surface area contributed by atoms with Crippen LogP contribution in [0.4, 0.5) is 0 Å². The third-order valence-corrected chi connectivity index (χ3v) is 2.45. The van der Waals surface area contributed by atoms with Crippen molar-refractivity contribution in [2.24, 2.45) is 5.73 Å². The topological polar surface area (TPSA) is 102 Å². The molecule has 1 atom stereocenters. The van der Waals surface area contributed by atoms with Crippen LogP contribution in [0, 0.1) is 0 Å². The van der Waals surface area contributed by atoms with Crippen molar-refractivity contribution in [3.8, 4) is 5.75 Å². The van der Waals surface area contributed by atoms with Gasteiger partial charge in [0, 0.05) is 5.02 Å². The molecule has 0 aliphatic rings. The summed E-state index contributed by atoms with van der Waals surface area (Å²) in [5.74, 6) is -0.657.